The molecular formula is C5H14OSi. The van der Waals surface area contributed by atoms with E-state index in [-0.39, 0.29) is 8.80 Å². The van der Waals surface area contributed by atoms with E-state index in [0.29, 0.717) is 0 Å². The molecule has 0 N–H and O–H groups in total. The Balaban J connectivity index is 0.000000105. The molecule has 2 heteroatoms. The second-order valence-electron chi connectivity index (χ2n) is 2.34. The Labute approximate surface area is 47.3 Å². The van der Waals surface area contributed by atoms with Crippen molar-refractivity contribution < 1.29 is 4.74 Å². The van der Waals surface area contributed by atoms with Gasteiger partial charge in [0.05, 0.1) is 13.2 Å². The zero-order valence-electron chi connectivity index (χ0n) is 5.40. The van der Waals surface area contributed by atoms with Gasteiger partial charge in [0.25, 0.3) is 0 Å². The average molecular weight is 118 g/mol. The van der Waals surface area contributed by atoms with Crippen LogP contribution in [0.25, 0.3) is 0 Å². The molecule has 1 aliphatic heterocycles. The first-order valence-corrected chi connectivity index (χ1v) is 6.27. The molecule has 1 nitrogen and oxygen atoms in total. The Bertz CT molecular complexity index is 29.6. The standard InChI is InChI=1S/C3H10Si.C2H4O/c1-4(2)3;1-2-3-1/h4H,1-3H3;1-2H2. The minimum absolute atomic E-state index is 0.139. The summed E-state index contributed by atoms with van der Waals surface area (Å²) in [5, 5.41) is 0. The molecule has 1 heterocycles. The Kier molecular flexibility index (Phi) is 4.45. The van der Waals surface area contributed by atoms with Gasteiger partial charge in [-0.2, -0.15) is 0 Å². The maximum absolute atomic E-state index is 4.50. The van der Waals surface area contributed by atoms with Gasteiger partial charge in [0.2, 0.25) is 0 Å². The first kappa shape index (κ1) is 7.18. The molecule has 0 radical (unpaired) electrons. The summed E-state index contributed by atoms with van der Waals surface area (Å²) in [6.45, 7) is 8.92. The van der Waals surface area contributed by atoms with Gasteiger partial charge in [-0.1, -0.05) is 19.6 Å². The van der Waals surface area contributed by atoms with E-state index >= 15 is 0 Å². The lowest BCUT2D eigenvalue weighted by Crippen LogP contribution is -1.84. The van der Waals surface area contributed by atoms with Gasteiger partial charge < -0.3 is 4.74 Å². The molecule has 1 fully saturated rings. The fraction of sp³-hybridized carbons (Fsp3) is 1.00. The highest BCUT2D eigenvalue weighted by Gasteiger charge is 1.94. The van der Waals surface area contributed by atoms with Crippen molar-refractivity contribution in [2.45, 2.75) is 19.6 Å². The molecule has 44 valence electrons. The summed E-state index contributed by atoms with van der Waals surface area (Å²) in [5.41, 5.74) is 0. The van der Waals surface area contributed by atoms with Crippen LogP contribution in [-0.4, -0.2) is 22.0 Å². The Morgan fingerprint density at radius 1 is 1.14 bits per heavy atom. The predicted molar refractivity (Wildman–Crippen MR) is 35.6 cm³/mol. The number of epoxide rings is 1. The van der Waals surface area contributed by atoms with Gasteiger partial charge in [0, 0.05) is 8.80 Å². The van der Waals surface area contributed by atoms with Crippen molar-refractivity contribution in [1.29, 1.82) is 0 Å². The highest BCUT2D eigenvalue weighted by atomic mass is 28.3. The van der Waals surface area contributed by atoms with Crippen LogP contribution in [0.15, 0.2) is 0 Å². The number of ether oxygens (including phenoxy) is 1. The molecule has 1 aliphatic rings. The summed E-state index contributed by atoms with van der Waals surface area (Å²) in [6.07, 6.45) is 0. The van der Waals surface area contributed by atoms with Crippen LogP contribution in [0.3, 0.4) is 0 Å². The molecule has 7 heavy (non-hydrogen) atoms. The molecule has 0 spiro atoms. The van der Waals surface area contributed by atoms with E-state index in [9.17, 15) is 0 Å². The molecular weight excluding hydrogens is 104 g/mol. The van der Waals surface area contributed by atoms with Crippen LogP contribution in [0, 0.1) is 0 Å². The summed E-state index contributed by atoms with van der Waals surface area (Å²) in [4.78, 5) is 0. The molecule has 0 amide bonds. The lowest BCUT2D eigenvalue weighted by Gasteiger charge is -1.75. The van der Waals surface area contributed by atoms with Gasteiger partial charge in [-0.3, -0.25) is 0 Å². The van der Waals surface area contributed by atoms with Crippen molar-refractivity contribution in [3.05, 3.63) is 0 Å². The number of hydrogen-bond donors (Lipinski definition) is 0. The summed E-state index contributed by atoms with van der Waals surface area (Å²) < 4.78 is 4.50. The van der Waals surface area contributed by atoms with E-state index < -0.39 is 0 Å². The van der Waals surface area contributed by atoms with Gasteiger partial charge >= 0.3 is 0 Å². The third kappa shape index (κ3) is 77.8. The van der Waals surface area contributed by atoms with Crippen molar-refractivity contribution in [1.82, 2.24) is 0 Å². The minimum Gasteiger partial charge on any atom is -0.377 e. The van der Waals surface area contributed by atoms with Crippen molar-refractivity contribution in [2.24, 2.45) is 0 Å². The molecule has 0 aliphatic carbocycles. The second kappa shape index (κ2) is 4.34. The van der Waals surface area contributed by atoms with Crippen LogP contribution in [0.1, 0.15) is 0 Å². The van der Waals surface area contributed by atoms with Crippen molar-refractivity contribution in [2.75, 3.05) is 13.2 Å². The predicted octanol–water partition coefficient (Wildman–Crippen LogP) is 1.12. The van der Waals surface area contributed by atoms with Crippen LogP contribution in [0.5, 0.6) is 0 Å². The normalized spacial score (nSPS) is 15.4. The smallest absolute Gasteiger partial charge is 0.0701 e. The molecule has 1 saturated heterocycles. The SMILES string of the molecule is C1CO1.C[SiH](C)C. The van der Waals surface area contributed by atoms with Crippen LogP contribution in [-0.2, 0) is 4.74 Å². The molecule has 0 bridgehead atoms. The van der Waals surface area contributed by atoms with E-state index in [4.69, 9.17) is 0 Å². The first-order chi connectivity index (χ1) is 3.23. The maximum Gasteiger partial charge on any atom is 0.0701 e. The van der Waals surface area contributed by atoms with Crippen molar-refractivity contribution in [3.8, 4) is 0 Å². The van der Waals surface area contributed by atoms with E-state index in [2.05, 4.69) is 24.4 Å². The monoisotopic (exact) mass is 118 g/mol. The van der Waals surface area contributed by atoms with Crippen LogP contribution in [0.2, 0.25) is 19.6 Å². The zero-order valence-corrected chi connectivity index (χ0v) is 6.55. The molecule has 0 unspecified atom stereocenters. The summed E-state index contributed by atoms with van der Waals surface area (Å²) in [6, 6.07) is 0. The minimum atomic E-state index is -0.139. The molecule has 0 aromatic carbocycles. The number of hydrogen-bond acceptors (Lipinski definition) is 1. The largest absolute Gasteiger partial charge is 0.377 e. The molecule has 1 rings (SSSR count). The maximum atomic E-state index is 4.50. The third-order valence-electron chi connectivity index (χ3n) is 0.204. The van der Waals surface area contributed by atoms with Crippen molar-refractivity contribution in [3.63, 3.8) is 0 Å². The van der Waals surface area contributed by atoms with E-state index in [1.165, 1.54) is 0 Å². The lowest BCUT2D eigenvalue weighted by molar-refractivity contribution is 0.475. The summed E-state index contributed by atoms with van der Waals surface area (Å²) in [5.74, 6) is 0. The van der Waals surface area contributed by atoms with Gasteiger partial charge in [-0.15, -0.1) is 0 Å². The first-order valence-electron chi connectivity index (χ1n) is 2.81. The van der Waals surface area contributed by atoms with E-state index in [0.717, 1.165) is 13.2 Å². The summed E-state index contributed by atoms with van der Waals surface area (Å²) >= 11 is 0. The molecule has 0 aromatic rings. The summed E-state index contributed by atoms with van der Waals surface area (Å²) in [7, 11) is -0.139. The van der Waals surface area contributed by atoms with Gasteiger partial charge in [0.1, 0.15) is 0 Å². The third-order valence-corrected chi connectivity index (χ3v) is 0.204. The topological polar surface area (TPSA) is 12.5 Å². The highest BCUT2D eigenvalue weighted by Crippen LogP contribution is 1.84. The van der Waals surface area contributed by atoms with Crippen molar-refractivity contribution >= 4 is 8.80 Å². The molecule has 0 aromatic heterocycles. The Morgan fingerprint density at radius 3 is 1.29 bits per heavy atom. The quantitative estimate of drug-likeness (QED) is 0.343. The second-order valence-corrected chi connectivity index (χ2v) is 5.81. The lowest BCUT2D eigenvalue weighted by atomic mass is 11.0. The fourth-order valence-electron chi connectivity index (χ4n) is 0. The van der Waals surface area contributed by atoms with E-state index in [1.807, 2.05) is 0 Å². The fourth-order valence-corrected chi connectivity index (χ4v) is 0. The molecule has 0 saturated carbocycles. The van der Waals surface area contributed by atoms with Crippen LogP contribution in [0.4, 0.5) is 0 Å². The molecule has 0 atom stereocenters. The Hall–Kier alpha value is 0.177. The van der Waals surface area contributed by atoms with Gasteiger partial charge in [-0.25, -0.2) is 0 Å². The van der Waals surface area contributed by atoms with E-state index in [1.54, 1.807) is 0 Å². The van der Waals surface area contributed by atoms with Gasteiger partial charge in [-0.05, 0) is 0 Å². The Morgan fingerprint density at radius 2 is 1.29 bits per heavy atom. The van der Waals surface area contributed by atoms with Crippen LogP contribution < -0.4 is 0 Å². The zero-order chi connectivity index (χ0) is 5.70. The van der Waals surface area contributed by atoms with Gasteiger partial charge in [0.15, 0.2) is 0 Å². The highest BCUT2D eigenvalue weighted by molar-refractivity contribution is 6.54. The number of rotatable bonds is 0. The van der Waals surface area contributed by atoms with Crippen LogP contribution >= 0.6 is 0 Å². The average Bonchev–Trinajstić information content (AvgIpc) is 2.02.